The number of nitrogens with zero attached hydrogens (tertiary/aromatic N) is 1. The molecule has 1 N–H and O–H groups in total. The van der Waals surface area contributed by atoms with Gasteiger partial charge in [-0.05, 0) is 70.9 Å². The van der Waals surface area contributed by atoms with E-state index in [2.05, 4.69) is 42.4 Å². The number of benzene rings is 1. The fourth-order valence-corrected chi connectivity index (χ4v) is 6.52. The molecule has 180 valence electrons. The molecule has 4 rings (SSSR count). The van der Waals surface area contributed by atoms with Crippen LogP contribution in [0.3, 0.4) is 0 Å². The van der Waals surface area contributed by atoms with Crippen LogP contribution in [0.5, 0.6) is 5.75 Å². The second-order valence-electron chi connectivity index (χ2n) is 9.50. The van der Waals surface area contributed by atoms with E-state index < -0.39 is 23.3 Å². The van der Waals surface area contributed by atoms with E-state index in [1.165, 1.54) is 12.7 Å². The third kappa shape index (κ3) is 4.09. The van der Waals surface area contributed by atoms with Gasteiger partial charge in [-0.15, -0.1) is 11.8 Å². The van der Waals surface area contributed by atoms with Crippen molar-refractivity contribution < 1.29 is 22.7 Å². The van der Waals surface area contributed by atoms with Crippen LogP contribution in [0, 0.1) is 5.92 Å². The molecule has 0 aromatic heterocycles. The zero-order chi connectivity index (χ0) is 24.0. The molecule has 0 spiro atoms. The molecule has 33 heavy (non-hydrogen) atoms. The fraction of sp³-hybridized carbons (Fsp3) is 0.560. The van der Waals surface area contributed by atoms with Crippen LogP contribution in [-0.2, 0) is 6.18 Å². The lowest BCUT2D eigenvalue weighted by atomic mass is 9.76. The van der Waals surface area contributed by atoms with Gasteiger partial charge in [-0.3, -0.25) is 9.69 Å². The van der Waals surface area contributed by atoms with Gasteiger partial charge in [0.15, 0.2) is 0 Å². The summed E-state index contributed by atoms with van der Waals surface area (Å²) in [6.07, 6.45) is 9.25. The standard InChI is InChI=1S/C25H31F3N2O2S/c1-23-11-7-9-16-8-5-6-10-18(16)24(13-12-23,30(23)2)29-22(31)21-19(32-3)14-17(25(26,27)28)15-20(21)33-4/h5-6,8,14-15,18H,7,9-13H2,1-4H3,(H,29,31)/t18?,23-,24+/m1/s1. The van der Waals surface area contributed by atoms with Crippen LogP contribution in [0.15, 0.2) is 40.8 Å². The van der Waals surface area contributed by atoms with Crippen molar-refractivity contribution in [3.63, 3.8) is 0 Å². The summed E-state index contributed by atoms with van der Waals surface area (Å²) in [4.78, 5) is 16.4. The molecule has 1 aromatic rings. The van der Waals surface area contributed by atoms with Gasteiger partial charge in [0, 0.05) is 16.4 Å². The highest BCUT2D eigenvalue weighted by Gasteiger charge is 2.56. The van der Waals surface area contributed by atoms with E-state index >= 15 is 0 Å². The fourth-order valence-electron chi connectivity index (χ4n) is 5.88. The van der Waals surface area contributed by atoms with E-state index in [9.17, 15) is 18.0 Å². The lowest BCUT2D eigenvalue weighted by Crippen LogP contribution is -2.65. The van der Waals surface area contributed by atoms with Gasteiger partial charge in [0.2, 0.25) is 0 Å². The Bertz CT molecular complexity index is 981. The van der Waals surface area contributed by atoms with Crippen molar-refractivity contribution in [1.82, 2.24) is 10.2 Å². The van der Waals surface area contributed by atoms with E-state index in [1.54, 1.807) is 6.26 Å². The number of ether oxygens (including phenoxy) is 1. The number of hydrogen-bond donors (Lipinski definition) is 1. The van der Waals surface area contributed by atoms with Gasteiger partial charge in [-0.25, -0.2) is 0 Å². The molecule has 2 fully saturated rings. The predicted octanol–water partition coefficient (Wildman–Crippen LogP) is 6.03. The Morgan fingerprint density at radius 3 is 2.70 bits per heavy atom. The summed E-state index contributed by atoms with van der Waals surface area (Å²) < 4.78 is 45.6. The summed E-state index contributed by atoms with van der Waals surface area (Å²) in [7, 11) is 3.38. The zero-order valence-electron chi connectivity index (χ0n) is 19.5. The third-order valence-electron chi connectivity index (χ3n) is 7.87. The summed E-state index contributed by atoms with van der Waals surface area (Å²) in [6, 6.07) is 1.96. The van der Waals surface area contributed by atoms with Gasteiger partial charge in [-0.2, -0.15) is 13.2 Å². The molecule has 1 unspecified atom stereocenters. The summed E-state index contributed by atoms with van der Waals surface area (Å²) in [5.41, 5.74) is 0.0302. The minimum atomic E-state index is -4.52. The maximum absolute atomic E-state index is 13.8. The van der Waals surface area contributed by atoms with Crippen molar-refractivity contribution in [3.05, 3.63) is 47.1 Å². The van der Waals surface area contributed by atoms with Crippen molar-refractivity contribution in [3.8, 4) is 5.75 Å². The van der Waals surface area contributed by atoms with Crippen LogP contribution in [0.1, 0.15) is 61.4 Å². The number of halogens is 3. The quantitative estimate of drug-likeness (QED) is 0.534. The first kappa shape index (κ1) is 24.2. The van der Waals surface area contributed by atoms with Crippen LogP contribution >= 0.6 is 11.8 Å². The number of fused-ring (bicyclic) bond motifs is 4. The topological polar surface area (TPSA) is 41.6 Å². The lowest BCUT2D eigenvalue weighted by molar-refractivity contribution is -0.137. The highest BCUT2D eigenvalue weighted by atomic mass is 32.2. The monoisotopic (exact) mass is 480 g/mol. The summed E-state index contributed by atoms with van der Waals surface area (Å²) in [5, 5.41) is 3.33. The Kier molecular flexibility index (Phi) is 6.37. The van der Waals surface area contributed by atoms with Crippen LogP contribution in [0.2, 0.25) is 0 Å². The Morgan fingerprint density at radius 2 is 2.03 bits per heavy atom. The van der Waals surface area contributed by atoms with Crippen molar-refractivity contribution in [2.45, 2.75) is 67.7 Å². The number of carbonyl (C=O) groups excluding carboxylic acids is 1. The maximum atomic E-state index is 13.8. The lowest BCUT2D eigenvalue weighted by Gasteiger charge is -2.50. The number of alkyl halides is 3. The first-order valence-electron chi connectivity index (χ1n) is 11.3. The third-order valence-corrected chi connectivity index (χ3v) is 8.63. The molecule has 1 aliphatic carbocycles. The molecule has 1 amide bonds. The highest BCUT2D eigenvalue weighted by molar-refractivity contribution is 7.98. The van der Waals surface area contributed by atoms with Crippen molar-refractivity contribution >= 4 is 17.7 Å². The Labute approximate surface area is 197 Å². The average Bonchev–Trinajstić information content (AvgIpc) is 3.06. The molecule has 3 atom stereocenters. The van der Waals surface area contributed by atoms with Crippen LogP contribution in [0.25, 0.3) is 0 Å². The molecule has 2 aliphatic heterocycles. The number of allylic oxidation sites excluding steroid dienone is 3. The van der Waals surface area contributed by atoms with E-state index in [0.29, 0.717) is 0 Å². The first-order chi connectivity index (χ1) is 15.6. The second kappa shape index (κ2) is 8.69. The van der Waals surface area contributed by atoms with E-state index in [4.69, 9.17) is 4.74 Å². The minimum absolute atomic E-state index is 0.0352. The first-order valence-corrected chi connectivity index (χ1v) is 12.5. The number of rotatable bonds is 4. The molecular formula is C25H31F3N2O2S. The molecule has 0 saturated carbocycles. The van der Waals surface area contributed by atoms with Gasteiger partial charge >= 0.3 is 6.18 Å². The van der Waals surface area contributed by atoms with Gasteiger partial charge in [0.05, 0.1) is 18.2 Å². The summed E-state index contributed by atoms with van der Waals surface area (Å²) in [5.74, 6) is -0.330. The maximum Gasteiger partial charge on any atom is 0.416 e. The van der Waals surface area contributed by atoms with Crippen molar-refractivity contribution in [2.24, 2.45) is 5.92 Å². The number of hydrogen-bond acceptors (Lipinski definition) is 4. The van der Waals surface area contributed by atoms with Crippen LogP contribution in [0.4, 0.5) is 13.2 Å². The Morgan fingerprint density at radius 1 is 1.27 bits per heavy atom. The summed E-state index contributed by atoms with van der Waals surface area (Å²) in [6.45, 7) is 2.25. The van der Waals surface area contributed by atoms with E-state index in [-0.39, 0.29) is 27.7 Å². The molecule has 2 heterocycles. The number of amides is 1. The Balaban J connectivity index is 1.78. The van der Waals surface area contributed by atoms with Crippen molar-refractivity contribution in [1.29, 1.82) is 0 Å². The number of nitrogens with one attached hydrogen (secondary N) is 1. The zero-order valence-corrected chi connectivity index (χ0v) is 20.3. The molecule has 0 radical (unpaired) electrons. The normalized spacial score (nSPS) is 29.7. The minimum Gasteiger partial charge on any atom is -0.496 e. The largest absolute Gasteiger partial charge is 0.496 e. The summed E-state index contributed by atoms with van der Waals surface area (Å²) >= 11 is 1.12. The Hall–Kier alpha value is -1.93. The number of methoxy groups -OCH3 is 1. The molecule has 4 nitrogen and oxygen atoms in total. The van der Waals surface area contributed by atoms with E-state index in [0.717, 1.165) is 62.4 Å². The van der Waals surface area contributed by atoms with Crippen LogP contribution < -0.4 is 10.1 Å². The predicted molar refractivity (Wildman–Crippen MR) is 125 cm³/mol. The van der Waals surface area contributed by atoms with Crippen LogP contribution in [-0.4, -0.2) is 42.4 Å². The molecule has 1 aromatic carbocycles. The SMILES string of the molecule is COc1cc(C(F)(F)F)cc(SC)c1C(=O)N[C@]12CC[C@@](C)(CCCC3=CC=CCC31)N2C. The molecular weight excluding hydrogens is 449 g/mol. The highest BCUT2D eigenvalue weighted by Crippen LogP contribution is 2.51. The number of carbonyl (C=O) groups is 1. The average molecular weight is 481 g/mol. The number of thioether (sulfide) groups is 1. The second-order valence-corrected chi connectivity index (χ2v) is 10.3. The molecule has 2 bridgehead atoms. The van der Waals surface area contributed by atoms with E-state index in [1.807, 2.05) is 0 Å². The molecule has 3 aliphatic rings. The van der Waals surface area contributed by atoms with Gasteiger partial charge < -0.3 is 10.1 Å². The van der Waals surface area contributed by atoms with Gasteiger partial charge in [0.1, 0.15) is 11.4 Å². The smallest absolute Gasteiger partial charge is 0.416 e. The van der Waals surface area contributed by atoms with Crippen molar-refractivity contribution in [2.75, 3.05) is 20.4 Å². The molecule has 8 heteroatoms. The van der Waals surface area contributed by atoms with Gasteiger partial charge in [-0.1, -0.05) is 23.8 Å². The molecule has 2 saturated heterocycles. The van der Waals surface area contributed by atoms with Gasteiger partial charge in [0.25, 0.3) is 5.91 Å².